The quantitative estimate of drug-likeness (QED) is 0.795. The maximum absolute atomic E-state index is 13.3. The molecule has 0 saturated carbocycles. The van der Waals surface area contributed by atoms with Gasteiger partial charge < -0.3 is 4.42 Å². The minimum Gasteiger partial charge on any atom is -0.422 e. The predicted molar refractivity (Wildman–Crippen MR) is 79.6 cm³/mol. The molecule has 1 aromatic heterocycles. The molecule has 118 valence electrons. The summed E-state index contributed by atoms with van der Waals surface area (Å²) in [5.74, 6) is -0.273. The van der Waals surface area contributed by atoms with E-state index in [1.807, 2.05) is 6.92 Å². The van der Waals surface area contributed by atoms with Crippen LogP contribution in [0.1, 0.15) is 19.8 Å². The van der Waals surface area contributed by atoms with Crippen molar-refractivity contribution in [1.82, 2.24) is 4.31 Å². The first-order valence-corrected chi connectivity index (χ1v) is 8.55. The third-order valence-corrected chi connectivity index (χ3v) is 5.75. The first kappa shape index (κ1) is 15.2. The van der Waals surface area contributed by atoms with E-state index < -0.39 is 26.4 Å². The van der Waals surface area contributed by atoms with Crippen molar-refractivity contribution in [3.63, 3.8) is 0 Å². The van der Waals surface area contributed by atoms with Gasteiger partial charge >= 0.3 is 5.63 Å². The van der Waals surface area contributed by atoms with Crippen LogP contribution in [0.5, 0.6) is 0 Å². The average molecular weight is 325 g/mol. The largest absolute Gasteiger partial charge is 0.422 e. The van der Waals surface area contributed by atoms with Gasteiger partial charge in [0.25, 0.3) is 0 Å². The number of fused-ring (bicyclic) bond motifs is 1. The Balaban J connectivity index is 2.12. The number of sulfonamides is 1. The number of hydrogen-bond donors (Lipinski definition) is 0. The topological polar surface area (TPSA) is 67.6 Å². The minimum atomic E-state index is -3.93. The van der Waals surface area contributed by atoms with E-state index in [1.165, 1.54) is 16.4 Å². The molecule has 0 N–H and O–H groups in total. The molecule has 0 radical (unpaired) electrons. The zero-order chi connectivity index (χ0) is 15.9. The molecule has 1 aliphatic rings. The maximum Gasteiger partial charge on any atom is 0.356 e. The van der Waals surface area contributed by atoms with E-state index in [2.05, 4.69) is 0 Å². The summed E-state index contributed by atoms with van der Waals surface area (Å²) in [6.07, 6.45) is 1.72. The van der Waals surface area contributed by atoms with Gasteiger partial charge in [0.2, 0.25) is 10.0 Å². The Morgan fingerprint density at radius 3 is 2.82 bits per heavy atom. The van der Waals surface area contributed by atoms with E-state index in [9.17, 15) is 17.6 Å². The van der Waals surface area contributed by atoms with E-state index in [-0.39, 0.29) is 16.9 Å². The van der Waals surface area contributed by atoms with Crippen molar-refractivity contribution in [2.45, 2.75) is 24.7 Å². The lowest BCUT2D eigenvalue weighted by molar-refractivity contribution is 0.280. The van der Waals surface area contributed by atoms with Crippen molar-refractivity contribution in [3.05, 3.63) is 40.5 Å². The molecular formula is C15H16FNO4S. The summed E-state index contributed by atoms with van der Waals surface area (Å²) in [5, 5.41) is 0.253. The number of piperidine rings is 1. The third-order valence-electron chi connectivity index (χ3n) is 3.90. The summed E-state index contributed by atoms with van der Waals surface area (Å²) in [6, 6.07) is 4.81. The molecule has 22 heavy (non-hydrogen) atoms. The number of benzene rings is 1. The highest BCUT2D eigenvalue weighted by molar-refractivity contribution is 7.89. The number of halogens is 1. The molecule has 1 aliphatic heterocycles. The van der Waals surface area contributed by atoms with Crippen molar-refractivity contribution < 1.29 is 17.2 Å². The van der Waals surface area contributed by atoms with Gasteiger partial charge in [-0.05, 0) is 43.0 Å². The number of hydrogen-bond acceptors (Lipinski definition) is 4. The molecule has 0 spiro atoms. The Labute approximate surface area is 127 Å². The highest BCUT2D eigenvalue weighted by Crippen LogP contribution is 2.24. The molecule has 5 nitrogen and oxygen atoms in total. The van der Waals surface area contributed by atoms with Crippen LogP contribution in [0.25, 0.3) is 11.0 Å². The molecule has 2 aromatic rings. The van der Waals surface area contributed by atoms with Crippen LogP contribution in [0.2, 0.25) is 0 Å². The lowest BCUT2D eigenvalue weighted by Crippen LogP contribution is -2.40. The summed E-state index contributed by atoms with van der Waals surface area (Å²) in [5.41, 5.74) is -0.755. The Bertz CT molecular complexity index is 875. The second kappa shape index (κ2) is 5.48. The van der Waals surface area contributed by atoms with E-state index in [1.54, 1.807) is 0 Å². The van der Waals surface area contributed by atoms with Crippen LogP contribution in [0, 0.1) is 11.7 Å². The molecular weight excluding hydrogens is 309 g/mol. The Morgan fingerprint density at radius 2 is 2.09 bits per heavy atom. The zero-order valence-electron chi connectivity index (χ0n) is 12.1. The van der Waals surface area contributed by atoms with Gasteiger partial charge in [-0.3, -0.25) is 0 Å². The molecule has 0 amide bonds. The van der Waals surface area contributed by atoms with Crippen LogP contribution < -0.4 is 5.63 Å². The standard InChI is InChI=1S/C15H16FNO4S/c1-10-3-2-6-17(9-10)22(19,20)14-8-11-7-12(16)4-5-13(11)21-15(14)18/h4-5,7-8,10H,2-3,6,9H2,1H3. The van der Waals surface area contributed by atoms with Gasteiger partial charge in [-0.15, -0.1) is 0 Å². The maximum atomic E-state index is 13.3. The molecule has 1 saturated heterocycles. The SMILES string of the molecule is CC1CCCN(S(=O)(=O)c2cc3cc(F)ccc3oc2=O)C1. The highest BCUT2D eigenvalue weighted by atomic mass is 32.2. The first-order valence-electron chi connectivity index (χ1n) is 7.11. The third kappa shape index (κ3) is 2.66. The number of rotatable bonds is 2. The van der Waals surface area contributed by atoms with Crippen LogP contribution in [-0.2, 0) is 10.0 Å². The predicted octanol–water partition coefficient (Wildman–Crippen LogP) is 2.35. The summed E-state index contributed by atoms with van der Waals surface area (Å²) in [6.45, 7) is 2.73. The van der Waals surface area contributed by atoms with Gasteiger partial charge in [-0.25, -0.2) is 17.6 Å². The Morgan fingerprint density at radius 1 is 1.32 bits per heavy atom. The first-order chi connectivity index (χ1) is 10.4. The van der Waals surface area contributed by atoms with Gasteiger partial charge in [0.05, 0.1) is 0 Å². The summed E-state index contributed by atoms with van der Waals surface area (Å²) >= 11 is 0. The smallest absolute Gasteiger partial charge is 0.356 e. The lowest BCUT2D eigenvalue weighted by Gasteiger charge is -2.29. The van der Waals surface area contributed by atoms with Gasteiger partial charge in [0.1, 0.15) is 11.4 Å². The summed E-state index contributed by atoms with van der Waals surface area (Å²) in [7, 11) is -3.93. The molecule has 2 heterocycles. The van der Waals surface area contributed by atoms with Crippen molar-refractivity contribution >= 4 is 21.0 Å². The molecule has 1 aromatic carbocycles. The number of nitrogens with zero attached hydrogens (tertiary/aromatic N) is 1. The van der Waals surface area contributed by atoms with E-state index in [4.69, 9.17) is 4.42 Å². The lowest BCUT2D eigenvalue weighted by atomic mass is 10.0. The summed E-state index contributed by atoms with van der Waals surface area (Å²) in [4.78, 5) is 11.6. The zero-order valence-corrected chi connectivity index (χ0v) is 12.9. The van der Waals surface area contributed by atoms with Crippen LogP contribution in [0.15, 0.2) is 38.4 Å². The fraction of sp³-hybridized carbons (Fsp3) is 0.400. The normalized spacial score (nSPS) is 20.4. The fourth-order valence-corrected chi connectivity index (χ4v) is 4.39. The van der Waals surface area contributed by atoms with Crippen LogP contribution >= 0.6 is 0 Å². The monoisotopic (exact) mass is 325 g/mol. The molecule has 1 atom stereocenters. The van der Waals surface area contributed by atoms with E-state index in [0.29, 0.717) is 13.1 Å². The van der Waals surface area contributed by atoms with Gasteiger partial charge in [-0.1, -0.05) is 6.92 Å². The highest BCUT2D eigenvalue weighted by Gasteiger charge is 2.31. The van der Waals surface area contributed by atoms with Crippen molar-refractivity contribution in [2.75, 3.05) is 13.1 Å². The second-order valence-electron chi connectivity index (χ2n) is 5.69. The molecule has 1 unspecified atom stereocenters. The van der Waals surface area contributed by atoms with Crippen LogP contribution in [0.3, 0.4) is 0 Å². The van der Waals surface area contributed by atoms with E-state index >= 15 is 0 Å². The van der Waals surface area contributed by atoms with Gasteiger partial charge in [0, 0.05) is 18.5 Å². The Kier molecular flexibility index (Phi) is 3.78. The van der Waals surface area contributed by atoms with Crippen molar-refractivity contribution in [2.24, 2.45) is 5.92 Å². The van der Waals surface area contributed by atoms with Crippen molar-refractivity contribution in [3.8, 4) is 0 Å². The fourth-order valence-electron chi connectivity index (χ4n) is 2.76. The second-order valence-corrected chi connectivity index (χ2v) is 7.60. The molecule has 7 heteroatoms. The van der Waals surface area contributed by atoms with Gasteiger partial charge in [-0.2, -0.15) is 4.31 Å². The van der Waals surface area contributed by atoms with E-state index in [0.717, 1.165) is 25.0 Å². The summed E-state index contributed by atoms with van der Waals surface area (Å²) < 4.78 is 44.9. The minimum absolute atomic E-state index is 0.164. The molecule has 3 rings (SSSR count). The van der Waals surface area contributed by atoms with Crippen LogP contribution in [-0.4, -0.2) is 25.8 Å². The average Bonchev–Trinajstić information content (AvgIpc) is 2.47. The Hall–Kier alpha value is -1.73. The van der Waals surface area contributed by atoms with Crippen molar-refractivity contribution in [1.29, 1.82) is 0 Å². The molecule has 0 bridgehead atoms. The molecule has 0 aliphatic carbocycles. The molecule has 1 fully saturated rings. The van der Waals surface area contributed by atoms with Gasteiger partial charge in [0.15, 0.2) is 4.90 Å². The van der Waals surface area contributed by atoms with Crippen LogP contribution in [0.4, 0.5) is 4.39 Å².